The van der Waals surface area contributed by atoms with Crippen LogP contribution in [0, 0.1) is 0 Å². The predicted octanol–water partition coefficient (Wildman–Crippen LogP) is 4.68. The SMILES string of the molecule is CC(C)(C)[Si](C)(C)OCCN(CCCN)CCO[Si](C)(C)C(C)(C)C. The predicted molar refractivity (Wildman–Crippen MR) is 116 cm³/mol. The Hall–Kier alpha value is 0.274. The van der Waals surface area contributed by atoms with Crippen LogP contribution < -0.4 is 5.73 Å². The van der Waals surface area contributed by atoms with Crippen molar-refractivity contribution >= 4 is 16.6 Å². The average Bonchev–Trinajstić information content (AvgIpc) is 2.41. The molecule has 0 heterocycles. The lowest BCUT2D eigenvalue weighted by atomic mass is 10.2. The lowest BCUT2D eigenvalue weighted by Crippen LogP contribution is -2.45. The van der Waals surface area contributed by atoms with Crippen LogP contribution in [0.5, 0.6) is 0 Å². The van der Waals surface area contributed by atoms with E-state index < -0.39 is 16.6 Å². The Morgan fingerprint density at radius 2 is 1.08 bits per heavy atom. The summed E-state index contributed by atoms with van der Waals surface area (Å²) >= 11 is 0. The van der Waals surface area contributed by atoms with Gasteiger partial charge >= 0.3 is 0 Å². The molecule has 0 amide bonds. The van der Waals surface area contributed by atoms with Crippen molar-refractivity contribution in [3.05, 3.63) is 0 Å². The summed E-state index contributed by atoms with van der Waals surface area (Å²) in [6, 6.07) is 0. The van der Waals surface area contributed by atoms with E-state index in [2.05, 4.69) is 72.6 Å². The Morgan fingerprint density at radius 1 is 0.720 bits per heavy atom. The van der Waals surface area contributed by atoms with Crippen molar-refractivity contribution in [3.8, 4) is 0 Å². The second-order valence-corrected chi connectivity index (χ2v) is 19.8. The molecule has 0 aliphatic rings. The molecule has 6 heteroatoms. The van der Waals surface area contributed by atoms with Gasteiger partial charge in [-0.25, -0.2) is 0 Å². The number of hydrogen-bond acceptors (Lipinski definition) is 4. The van der Waals surface area contributed by atoms with E-state index in [0.29, 0.717) is 0 Å². The molecule has 0 aromatic carbocycles. The molecule has 0 bridgehead atoms. The first-order valence-corrected chi connectivity index (χ1v) is 15.7. The van der Waals surface area contributed by atoms with Crippen molar-refractivity contribution in [2.24, 2.45) is 5.73 Å². The van der Waals surface area contributed by atoms with E-state index in [1.165, 1.54) is 0 Å². The third-order valence-corrected chi connectivity index (χ3v) is 15.1. The zero-order valence-corrected chi connectivity index (χ0v) is 20.8. The van der Waals surface area contributed by atoms with Crippen LogP contribution in [0.25, 0.3) is 0 Å². The molecule has 0 aliphatic heterocycles. The van der Waals surface area contributed by atoms with Crippen LogP contribution in [0.3, 0.4) is 0 Å². The van der Waals surface area contributed by atoms with Gasteiger partial charge in [-0.15, -0.1) is 0 Å². The quantitative estimate of drug-likeness (QED) is 0.520. The van der Waals surface area contributed by atoms with Crippen LogP contribution in [0.2, 0.25) is 36.3 Å². The molecule has 0 rings (SSSR count). The fourth-order valence-electron chi connectivity index (χ4n) is 1.94. The average molecular weight is 391 g/mol. The van der Waals surface area contributed by atoms with Gasteiger partial charge in [-0.2, -0.15) is 0 Å². The van der Waals surface area contributed by atoms with Gasteiger partial charge in [-0.1, -0.05) is 41.5 Å². The number of rotatable bonds is 11. The van der Waals surface area contributed by atoms with Gasteiger partial charge in [0.25, 0.3) is 0 Å². The lowest BCUT2D eigenvalue weighted by molar-refractivity contribution is 0.164. The zero-order chi connectivity index (χ0) is 19.9. The molecule has 0 aromatic rings. The summed E-state index contributed by atoms with van der Waals surface area (Å²) < 4.78 is 12.7. The molecule has 0 aliphatic carbocycles. The molecule has 0 radical (unpaired) electrons. The number of nitrogens with zero attached hydrogens (tertiary/aromatic N) is 1. The highest BCUT2D eigenvalue weighted by atomic mass is 28.4. The van der Waals surface area contributed by atoms with Gasteiger partial charge < -0.3 is 14.6 Å². The Labute approximate surface area is 160 Å². The lowest BCUT2D eigenvalue weighted by Gasteiger charge is -2.38. The van der Waals surface area contributed by atoms with E-state index in [-0.39, 0.29) is 10.1 Å². The van der Waals surface area contributed by atoms with Gasteiger partial charge in [0.1, 0.15) is 0 Å². The minimum Gasteiger partial charge on any atom is -0.416 e. The maximum Gasteiger partial charge on any atom is 0.192 e. The van der Waals surface area contributed by atoms with E-state index in [9.17, 15) is 0 Å². The molecule has 0 spiro atoms. The first-order chi connectivity index (χ1) is 11.1. The van der Waals surface area contributed by atoms with E-state index >= 15 is 0 Å². The number of nitrogens with two attached hydrogens (primary N) is 1. The third-order valence-electron chi connectivity index (χ3n) is 6.03. The molecule has 2 N–H and O–H groups in total. The molecular weight excluding hydrogens is 344 g/mol. The second-order valence-electron chi connectivity index (χ2n) is 10.2. The Bertz CT molecular complexity index is 343. The Kier molecular flexibility index (Phi) is 10.1. The molecule has 4 nitrogen and oxygen atoms in total. The van der Waals surface area contributed by atoms with E-state index in [1.807, 2.05) is 0 Å². The molecule has 0 fully saturated rings. The van der Waals surface area contributed by atoms with Gasteiger partial charge in [0.15, 0.2) is 16.6 Å². The minimum atomic E-state index is -1.66. The monoisotopic (exact) mass is 390 g/mol. The van der Waals surface area contributed by atoms with Crippen LogP contribution >= 0.6 is 0 Å². The van der Waals surface area contributed by atoms with E-state index in [0.717, 1.165) is 45.8 Å². The van der Waals surface area contributed by atoms with Crippen molar-refractivity contribution in [2.45, 2.75) is 84.2 Å². The fraction of sp³-hybridized carbons (Fsp3) is 1.00. The maximum atomic E-state index is 6.34. The van der Waals surface area contributed by atoms with Crippen molar-refractivity contribution < 1.29 is 8.85 Å². The summed E-state index contributed by atoms with van der Waals surface area (Å²) in [6.45, 7) is 28.3. The molecule has 0 saturated carbocycles. The van der Waals surface area contributed by atoms with Crippen molar-refractivity contribution in [1.82, 2.24) is 4.90 Å². The van der Waals surface area contributed by atoms with Crippen LogP contribution in [0.1, 0.15) is 48.0 Å². The van der Waals surface area contributed by atoms with Gasteiger partial charge in [-0.05, 0) is 55.8 Å². The normalized spacial score (nSPS) is 14.4. The third kappa shape index (κ3) is 9.15. The van der Waals surface area contributed by atoms with Gasteiger partial charge in [0, 0.05) is 26.3 Å². The van der Waals surface area contributed by atoms with E-state index in [1.54, 1.807) is 0 Å². The van der Waals surface area contributed by atoms with Gasteiger partial charge in [-0.3, -0.25) is 4.90 Å². The first-order valence-electron chi connectivity index (χ1n) is 9.84. The molecular formula is C19H46N2O2Si2. The van der Waals surface area contributed by atoms with Gasteiger partial charge in [0.05, 0.1) is 0 Å². The highest BCUT2D eigenvalue weighted by Crippen LogP contribution is 2.37. The van der Waals surface area contributed by atoms with Gasteiger partial charge in [0.2, 0.25) is 0 Å². The topological polar surface area (TPSA) is 47.7 Å². The zero-order valence-electron chi connectivity index (χ0n) is 18.8. The van der Waals surface area contributed by atoms with Crippen molar-refractivity contribution in [2.75, 3.05) is 39.4 Å². The summed E-state index contributed by atoms with van der Waals surface area (Å²) in [5.41, 5.74) is 5.71. The fourth-order valence-corrected chi connectivity index (χ4v) is 4.01. The largest absolute Gasteiger partial charge is 0.416 e. The van der Waals surface area contributed by atoms with Crippen LogP contribution in [-0.2, 0) is 8.85 Å². The number of hydrogen-bond donors (Lipinski definition) is 1. The summed E-state index contributed by atoms with van der Waals surface area (Å²) in [4.78, 5) is 2.45. The summed E-state index contributed by atoms with van der Waals surface area (Å²) in [7, 11) is -3.33. The van der Waals surface area contributed by atoms with Crippen LogP contribution in [-0.4, -0.2) is 60.9 Å². The van der Waals surface area contributed by atoms with Crippen molar-refractivity contribution in [1.29, 1.82) is 0 Å². The highest BCUT2D eigenvalue weighted by Gasteiger charge is 2.38. The first kappa shape index (κ1) is 25.3. The summed E-state index contributed by atoms with van der Waals surface area (Å²) in [5, 5.41) is 0.529. The smallest absolute Gasteiger partial charge is 0.192 e. The van der Waals surface area contributed by atoms with Crippen LogP contribution in [0.4, 0.5) is 0 Å². The van der Waals surface area contributed by atoms with Crippen LogP contribution in [0.15, 0.2) is 0 Å². The van der Waals surface area contributed by atoms with E-state index in [4.69, 9.17) is 14.6 Å². The molecule has 0 saturated heterocycles. The second kappa shape index (κ2) is 9.99. The highest BCUT2D eigenvalue weighted by molar-refractivity contribution is 6.74. The molecule has 0 aromatic heterocycles. The molecule has 0 unspecified atom stereocenters. The molecule has 152 valence electrons. The van der Waals surface area contributed by atoms with Crippen molar-refractivity contribution in [3.63, 3.8) is 0 Å². The maximum absolute atomic E-state index is 6.34. The summed E-state index contributed by atoms with van der Waals surface area (Å²) in [6.07, 6.45) is 1.03. The minimum absolute atomic E-state index is 0.264. The standard InChI is InChI=1S/C19H46N2O2Si2/c1-18(2,3)24(7,8)22-16-14-21(13-11-12-20)15-17-23-25(9,10)19(4,5)6/h11-17,20H2,1-10H3. The Balaban J connectivity index is 4.47. The molecule has 25 heavy (non-hydrogen) atoms. The molecule has 0 atom stereocenters. The summed E-state index contributed by atoms with van der Waals surface area (Å²) in [5.74, 6) is 0. The Morgan fingerprint density at radius 3 is 1.36 bits per heavy atom.